The van der Waals surface area contributed by atoms with Crippen LogP contribution in [0.5, 0.6) is 17.2 Å². The fourth-order valence-electron chi connectivity index (χ4n) is 2.76. The lowest BCUT2D eigenvalue weighted by atomic mass is 9.97. The molecule has 2 rings (SSSR count). The first-order valence-corrected chi connectivity index (χ1v) is 11.9. The SMILES string of the molecule is C=C(C)C(=O)OCCOc1cc(OCCOC(=O)C(=C)C)cc(-c2ccc(OC(=O)C(C)(C)C)c(F)c2)c1. The van der Waals surface area contributed by atoms with Crippen molar-refractivity contribution in [1.82, 2.24) is 0 Å². The highest BCUT2D eigenvalue weighted by molar-refractivity contribution is 5.87. The van der Waals surface area contributed by atoms with Crippen LogP contribution in [0.25, 0.3) is 11.1 Å². The minimum absolute atomic E-state index is 0.00850. The highest BCUT2D eigenvalue weighted by Gasteiger charge is 2.25. The van der Waals surface area contributed by atoms with Crippen molar-refractivity contribution < 1.29 is 42.5 Å². The average molecular weight is 529 g/mol. The molecule has 0 aliphatic heterocycles. The van der Waals surface area contributed by atoms with Crippen LogP contribution in [0.4, 0.5) is 4.39 Å². The van der Waals surface area contributed by atoms with E-state index in [-0.39, 0.29) is 43.3 Å². The first-order valence-electron chi connectivity index (χ1n) is 11.9. The zero-order chi connectivity index (χ0) is 28.5. The van der Waals surface area contributed by atoms with E-state index in [0.29, 0.717) is 22.6 Å². The van der Waals surface area contributed by atoms with Crippen LogP contribution in [0.15, 0.2) is 60.7 Å². The fraction of sp³-hybridized carbons (Fsp3) is 0.345. The molecule has 0 fully saturated rings. The molecular formula is C29H33FO8. The van der Waals surface area contributed by atoms with Crippen molar-refractivity contribution >= 4 is 17.9 Å². The summed E-state index contributed by atoms with van der Waals surface area (Å²) in [6, 6.07) is 9.11. The van der Waals surface area contributed by atoms with E-state index in [2.05, 4.69) is 13.2 Å². The Kier molecular flexibility index (Phi) is 10.6. The Balaban J connectivity index is 2.22. The van der Waals surface area contributed by atoms with Crippen molar-refractivity contribution in [1.29, 1.82) is 0 Å². The number of carbonyl (C=O) groups is 3. The Labute approximate surface area is 222 Å². The number of rotatable bonds is 12. The van der Waals surface area contributed by atoms with E-state index in [9.17, 15) is 18.8 Å². The van der Waals surface area contributed by atoms with Crippen LogP contribution in [0.2, 0.25) is 0 Å². The predicted octanol–water partition coefficient (Wildman–Crippen LogP) is 5.44. The first-order chi connectivity index (χ1) is 17.8. The number of hydrogen-bond acceptors (Lipinski definition) is 8. The molecule has 0 aromatic heterocycles. The van der Waals surface area contributed by atoms with E-state index in [1.54, 1.807) is 58.9 Å². The van der Waals surface area contributed by atoms with Crippen molar-refractivity contribution in [2.24, 2.45) is 5.41 Å². The second-order valence-corrected chi connectivity index (χ2v) is 9.51. The smallest absolute Gasteiger partial charge is 0.333 e. The highest BCUT2D eigenvalue weighted by atomic mass is 19.1. The van der Waals surface area contributed by atoms with Crippen molar-refractivity contribution in [3.05, 3.63) is 66.5 Å². The number of esters is 3. The van der Waals surface area contributed by atoms with Crippen LogP contribution in [0.1, 0.15) is 34.6 Å². The summed E-state index contributed by atoms with van der Waals surface area (Å²) in [5.74, 6) is -1.78. The van der Waals surface area contributed by atoms with E-state index in [1.807, 2.05) is 0 Å². The molecule has 0 unspecified atom stereocenters. The lowest BCUT2D eigenvalue weighted by Crippen LogP contribution is -2.25. The number of hydrogen-bond donors (Lipinski definition) is 0. The highest BCUT2D eigenvalue weighted by Crippen LogP contribution is 2.33. The molecule has 0 atom stereocenters. The quantitative estimate of drug-likeness (QED) is 0.156. The summed E-state index contributed by atoms with van der Waals surface area (Å²) in [4.78, 5) is 35.3. The molecule has 2 aromatic carbocycles. The van der Waals surface area contributed by atoms with Crippen LogP contribution in [-0.4, -0.2) is 44.3 Å². The Hall–Kier alpha value is -4.14. The van der Waals surface area contributed by atoms with Gasteiger partial charge in [0.15, 0.2) is 11.6 Å². The minimum Gasteiger partial charge on any atom is -0.490 e. The van der Waals surface area contributed by atoms with Crippen molar-refractivity contribution in [2.75, 3.05) is 26.4 Å². The average Bonchev–Trinajstić information content (AvgIpc) is 2.84. The largest absolute Gasteiger partial charge is 0.490 e. The summed E-state index contributed by atoms with van der Waals surface area (Å²) in [7, 11) is 0. The van der Waals surface area contributed by atoms with Crippen molar-refractivity contribution in [2.45, 2.75) is 34.6 Å². The molecule has 0 radical (unpaired) electrons. The van der Waals surface area contributed by atoms with Gasteiger partial charge in [0.1, 0.15) is 37.9 Å². The maximum atomic E-state index is 14.8. The van der Waals surface area contributed by atoms with E-state index in [1.165, 1.54) is 12.1 Å². The van der Waals surface area contributed by atoms with Gasteiger partial charge in [0.25, 0.3) is 0 Å². The van der Waals surface area contributed by atoms with Gasteiger partial charge in [0, 0.05) is 17.2 Å². The predicted molar refractivity (Wildman–Crippen MR) is 139 cm³/mol. The molecular weight excluding hydrogens is 495 g/mol. The summed E-state index contributed by atoms with van der Waals surface area (Å²) in [6.07, 6.45) is 0. The van der Waals surface area contributed by atoms with E-state index < -0.39 is 29.1 Å². The summed E-state index contributed by atoms with van der Waals surface area (Å²) in [5, 5.41) is 0. The maximum absolute atomic E-state index is 14.8. The lowest BCUT2D eigenvalue weighted by Gasteiger charge is -2.17. The van der Waals surface area contributed by atoms with Crippen LogP contribution < -0.4 is 14.2 Å². The van der Waals surface area contributed by atoms with E-state index in [0.717, 1.165) is 0 Å². The number of ether oxygens (including phenoxy) is 5. The van der Waals surface area contributed by atoms with Gasteiger partial charge in [-0.3, -0.25) is 4.79 Å². The molecule has 0 heterocycles. The van der Waals surface area contributed by atoms with Gasteiger partial charge in [-0.05, 0) is 70.0 Å². The lowest BCUT2D eigenvalue weighted by molar-refractivity contribution is -0.143. The van der Waals surface area contributed by atoms with Gasteiger partial charge >= 0.3 is 17.9 Å². The van der Waals surface area contributed by atoms with E-state index >= 15 is 0 Å². The molecule has 0 N–H and O–H groups in total. The summed E-state index contributed by atoms with van der Waals surface area (Å²) >= 11 is 0. The Morgan fingerprint density at radius 3 is 1.68 bits per heavy atom. The molecule has 0 saturated carbocycles. The number of carbonyl (C=O) groups excluding carboxylic acids is 3. The number of benzene rings is 2. The molecule has 0 spiro atoms. The van der Waals surface area contributed by atoms with Gasteiger partial charge in [-0.1, -0.05) is 19.2 Å². The summed E-state index contributed by atoms with van der Waals surface area (Å²) in [5.41, 5.74) is 0.765. The van der Waals surface area contributed by atoms with Gasteiger partial charge in [0.05, 0.1) is 5.41 Å². The third-order valence-electron chi connectivity index (χ3n) is 4.83. The van der Waals surface area contributed by atoms with Gasteiger partial charge in [-0.2, -0.15) is 0 Å². The fourth-order valence-corrected chi connectivity index (χ4v) is 2.76. The minimum atomic E-state index is -0.791. The van der Waals surface area contributed by atoms with Gasteiger partial charge in [-0.25, -0.2) is 14.0 Å². The van der Waals surface area contributed by atoms with Crippen LogP contribution in [0, 0.1) is 11.2 Å². The first kappa shape index (κ1) is 30.1. The van der Waals surface area contributed by atoms with Gasteiger partial charge in [-0.15, -0.1) is 0 Å². The van der Waals surface area contributed by atoms with Crippen molar-refractivity contribution in [3.8, 4) is 28.4 Å². The number of halogens is 1. The second kappa shape index (κ2) is 13.4. The zero-order valence-corrected chi connectivity index (χ0v) is 22.4. The second-order valence-electron chi connectivity index (χ2n) is 9.51. The molecule has 38 heavy (non-hydrogen) atoms. The molecule has 2 aromatic rings. The monoisotopic (exact) mass is 528 g/mol. The van der Waals surface area contributed by atoms with Crippen LogP contribution >= 0.6 is 0 Å². The molecule has 8 nitrogen and oxygen atoms in total. The molecule has 0 amide bonds. The normalized spacial score (nSPS) is 10.8. The van der Waals surface area contributed by atoms with E-state index in [4.69, 9.17) is 23.7 Å². The third kappa shape index (κ3) is 9.38. The van der Waals surface area contributed by atoms with Gasteiger partial charge < -0.3 is 23.7 Å². The molecule has 0 aliphatic carbocycles. The molecule has 9 heteroatoms. The van der Waals surface area contributed by atoms with Crippen LogP contribution in [-0.2, 0) is 23.9 Å². The Bertz CT molecular complexity index is 1160. The Morgan fingerprint density at radius 1 is 0.763 bits per heavy atom. The Morgan fingerprint density at radius 2 is 1.26 bits per heavy atom. The zero-order valence-electron chi connectivity index (χ0n) is 22.4. The molecule has 0 saturated heterocycles. The van der Waals surface area contributed by atoms with Crippen molar-refractivity contribution in [3.63, 3.8) is 0 Å². The van der Waals surface area contributed by atoms with Crippen LogP contribution in [0.3, 0.4) is 0 Å². The molecule has 204 valence electrons. The molecule has 0 bridgehead atoms. The third-order valence-corrected chi connectivity index (χ3v) is 4.83. The topological polar surface area (TPSA) is 97.4 Å². The van der Waals surface area contributed by atoms with Gasteiger partial charge in [0.2, 0.25) is 0 Å². The standard InChI is InChI=1S/C29H33FO8/c1-18(2)26(31)36-12-10-34-22-14-21(15-23(17-22)35-11-13-37-27(32)19(3)4)20-8-9-25(24(30)16-20)38-28(33)29(5,6)7/h8-9,14-17H,1,3,10-13H2,2,4-7H3. The summed E-state index contributed by atoms with van der Waals surface area (Å²) < 4.78 is 41.5. The summed E-state index contributed by atoms with van der Waals surface area (Å²) in [6.45, 7) is 15.2. The maximum Gasteiger partial charge on any atom is 0.333 e. The molecule has 0 aliphatic rings.